The Labute approximate surface area is 204 Å². The quantitative estimate of drug-likeness (QED) is 0.409. The van der Waals surface area contributed by atoms with Crippen LogP contribution in [0.15, 0.2) is 28.9 Å². The summed E-state index contributed by atoms with van der Waals surface area (Å²) in [6.45, 7) is 1.24. The molecule has 1 amide bonds. The van der Waals surface area contributed by atoms with Crippen LogP contribution < -0.4 is 4.90 Å². The number of H-pyrrole nitrogens is 1. The summed E-state index contributed by atoms with van der Waals surface area (Å²) in [7, 11) is 0. The Bertz CT molecular complexity index is 1440. The number of nitrogens with zero attached hydrogens (tertiary/aromatic N) is 5. The second-order valence-corrected chi connectivity index (χ2v) is 9.39. The Morgan fingerprint density at radius 1 is 1.17 bits per heavy atom. The molecule has 1 saturated heterocycles. The summed E-state index contributed by atoms with van der Waals surface area (Å²) < 4.78 is 67.5. The fourth-order valence-electron chi connectivity index (χ4n) is 4.46. The number of aromatic amines is 1. The van der Waals surface area contributed by atoms with Crippen LogP contribution >= 0.6 is 11.3 Å². The zero-order valence-corrected chi connectivity index (χ0v) is 19.3. The number of imidazole rings is 1. The lowest BCUT2D eigenvalue weighted by molar-refractivity contribution is -0.141. The van der Waals surface area contributed by atoms with Gasteiger partial charge in [-0.05, 0) is 12.1 Å². The number of halogens is 4. The van der Waals surface area contributed by atoms with Crippen LogP contribution in [-0.4, -0.2) is 63.6 Å². The van der Waals surface area contributed by atoms with Gasteiger partial charge in [0.25, 0.3) is 11.9 Å². The van der Waals surface area contributed by atoms with Crippen molar-refractivity contribution < 1.29 is 31.5 Å². The molecule has 0 radical (unpaired) electrons. The average Bonchev–Trinajstić information content (AvgIpc) is 3.61. The third-order valence-corrected chi connectivity index (χ3v) is 7.24. The molecule has 0 spiro atoms. The van der Waals surface area contributed by atoms with E-state index in [4.69, 9.17) is 9.15 Å². The number of aromatic nitrogens is 4. The van der Waals surface area contributed by atoms with E-state index in [0.717, 1.165) is 17.0 Å². The molecular weight excluding hydrogens is 504 g/mol. The Balaban J connectivity index is 1.44. The van der Waals surface area contributed by atoms with Gasteiger partial charge < -0.3 is 23.9 Å². The van der Waals surface area contributed by atoms with E-state index in [1.54, 1.807) is 12.1 Å². The van der Waals surface area contributed by atoms with Crippen LogP contribution in [0.1, 0.15) is 38.7 Å². The summed E-state index contributed by atoms with van der Waals surface area (Å²) in [4.78, 5) is 31.8. The van der Waals surface area contributed by atoms with Crippen molar-refractivity contribution in [3.8, 4) is 0 Å². The normalized spacial score (nSPS) is 18.6. The van der Waals surface area contributed by atoms with Crippen LogP contribution in [0.2, 0.25) is 0 Å². The van der Waals surface area contributed by atoms with E-state index in [0.29, 0.717) is 35.0 Å². The summed E-state index contributed by atoms with van der Waals surface area (Å²) in [6.07, 6.45) is -3.13. The molecule has 2 aliphatic rings. The first kappa shape index (κ1) is 22.9. The highest BCUT2D eigenvalue weighted by Crippen LogP contribution is 2.41. The lowest BCUT2D eigenvalue weighted by Crippen LogP contribution is -2.41. The van der Waals surface area contributed by atoms with Gasteiger partial charge >= 0.3 is 6.18 Å². The van der Waals surface area contributed by atoms with Crippen molar-refractivity contribution in [3.05, 3.63) is 58.2 Å². The molecular formula is C22H18F4N6O3S. The zero-order valence-electron chi connectivity index (χ0n) is 18.5. The number of morpholine rings is 1. The van der Waals surface area contributed by atoms with Crippen molar-refractivity contribution in [1.82, 2.24) is 24.8 Å². The molecule has 3 aromatic heterocycles. The van der Waals surface area contributed by atoms with Gasteiger partial charge in [0, 0.05) is 31.7 Å². The molecule has 0 saturated carbocycles. The molecule has 9 nitrogen and oxygen atoms in total. The SMILES string of the molecule is O=C(c1oc(N2CCOCC2)nc1C(F)(F)F)N1CCc2[nH]cnc2[C@H]1c1nc2c(F)cccc2s1. The van der Waals surface area contributed by atoms with Crippen molar-refractivity contribution in [2.24, 2.45) is 0 Å². The van der Waals surface area contributed by atoms with Crippen molar-refractivity contribution in [1.29, 1.82) is 0 Å². The number of oxazole rings is 1. The second-order valence-electron chi connectivity index (χ2n) is 8.33. The molecule has 14 heteroatoms. The van der Waals surface area contributed by atoms with Crippen molar-refractivity contribution in [2.45, 2.75) is 18.6 Å². The van der Waals surface area contributed by atoms with Gasteiger partial charge in [-0.1, -0.05) is 6.07 Å². The molecule has 0 aliphatic carbocycles. The predicted molar refractivity (Wildman–Crippen MR) is 119 cm³/mol. The van der Waals surface area contributed by atoms with Crippen LogP contribution in [0.4, 0.5) is 23.6 Å². The van der Waals surface area contributed by atoms with E-state index in [1.807, 2.05) is 0 Å². The average molecular weight is 522 g/mol. The Morgan fingerprint density at radius 2 is 1.97 bits per heavy atom. The molecule has 1 N–H and O–H groups in total. The maximum absolute atomic E-state index is 14.4. The van der Waals surface area contributed by atoms with Gasteiger partial charge in [-0.15, -0.1) is 11.3 Å². The fourth-order valence-corrected chi connectivity index (χ4v) is 5.56. The molecule has 0 unspecified atom stereocenters. The second kappa shape index (κ2) is 8.55. The van der Waals surface area contributed by atoms with E-state index in [1.165, 1.54) is 22.2 Å². The van der Waals surface area contributed by atoms with Crippen LogP contribution in [0.3, 0.4) is 0 Å². The largest absolute Gasteiger partial charge is 0.437 e. The Hall–Kier alpha value is -3.52. The van der Waals surface area contributed by atoms with Crippen molar-refractivity contribution in [2.75, 3.05) is 37.7 Å². The van der Waals surface area contributed by atoms with Gasteiger partial charge in [0.05, 0.1) is 29.9 Å². The number of anilines is 1. The van der Waals surface area contributed by atoms with Gasteiger partial charge in [0.1, 0.15) is 22.4 Å². The summed E-state index contributed by atoms with van der Waals surface area (Å²) in [5.41, 5.74) is -0.101. The highest BCUT2D eigenvalue weighted by molar-refractivity contribution is 7.18. The third kappa shape index (κ3) is 3.80. The van der Waals surface area contributed by atoms with Gasteiger partial charge in [-0.3, -0.25) is 4.79 Å². The Kier molecular flexibility index (Phi) is 5.44. The number of hydrogen-bond donors (Lipinski definition) is 1. The standard InChI is InChI=1S/C22H18F4N6O3S/c23-11-2-1-3-13-14(11)29-19(36-13)16-15-12(27-10-28-15)4-5-32(16)20(33)17-18(22(24,25)26)30-21(35-17)31-6-8-34-9-7-31/h1-3,10,16H,4-9H2,(H,27,28)/t16-/m0/s1. The van der Waals surface area contributed by atoms with Crippen LogP contribution in [0.5, 0.6) is 0 Å². The third-order valence-electron chi connectivity index (χ3n) is 6.17. The van der Waals surface area contributed by atoms with E-state index in [9.17, 15) is 22.4 Å². The number of ether oxygens (including phenoxy) is 1. The minimum absolute atomic E-state index is 0.0714. The minimum Gasteiger partial charge on any atom is -0.417 e. The highest BCUT2D eigenvalue weighted by atomic mass is 32.1. The van der Waals surface area contributed by atoms with Crippen LogP contribution in [0, 0.1) is 5.82 Å². The summed E-state index contributed by atoms with van der Waals surface area (Å²) in [6, 6.07) is 3.29. The number of thiazole rings is 1. The van der Waals surface area contributed by atoms with E-state index in [2.05, 4.69) is 19.9 Å². The molecule has 188 valence electrons. The minimum atomic E-state index is -4.92. The highest BCUT2D eigenvalue weighted by Gasteiger charge is 2.45. The molecule has 5 heterocycles. The molecule has 0 bridgehead atoms. The maximum Gasteiger partial charge on any atom is 0.437 e. The number of hydrogen-bond acceptors (Lipinski definition) is 8. The maximum atomic E-state index is 14.4. The van der Waals surface area contributed by atoms with E-state index < -0.39 is 35.4 Å². The van der Waals surface area contributed by atoms with Gasteiger partial charge in [0.2, 0.25) is 5.76 Å². The lowest BCUT2D eigenvalue weighted by atomic mass is 10.0. The van der Waals surface area contributed by atoms with Gasteiger partial charge in [-0.2, -0.15) is 18.2 Å². The molecule has 36 heavy (non-hydrogen) atoms. The fraction of sp³-hybridized carbons (Fsp3) is 0.364. The first-order chi connectivity index (χ1) is 17.3. The number of amides is 1. The first-order valence-electron chi connectivity index (χ1n) is 11.1. The van der Waals surface area contributed by atoms with Gasteiger partial charge in [0.15, 0.2) is 5.69 Å². The summed E-state index contributed by atoms with van der Waals surface area (Å²) in [5.74, 6) is -2.43. The number of nitrogens with one attached hydrogen (secondary N) is 1. The number of fused-ring (bicyclic) bond motifs is 2. The molecule has 4 aromatic rings. The topological polar surface area (TPSA) is 100 Å². The Morgan fingerprint density at radius 3 is 2.72 bits per heavy atom. The number of carbonyl (C=O) groups is 1. The van der Waals surface area contributed by atoms with Gasteiger partial charge in [-0.25, -0.2) is 14.4 Å². The number of alkyl halides is 3. The summed E-state index contributed by atoms with van der Waals surface area (Å²) >= 11 is 1.15. The van der Waals surface area contributed by atoms with Crippen LogP contribution in [-0.2, 0) is 17.3 Å². The van der Waals surface area contributed by atoms with Crippen LogP contribution in [0.25, 0.3) is 10.2 Å². The molecule has 1 fully saturated rings. The zero-order chi connectivity index (χ0) is 25.0. The smallest absolute Gasteiger partial charge is 0.417 e. The molecule has 1 aromatic carbocycles. The van der Waals surface area contributed by atoms with Crippen molar-refractivity contribution in [3.63, 3.8) is 0 Å². The monoisotopic (exact) mass is 522 g/mol. The lowest BCUT2D eigenvalue weighted by Gasteiger charge is -2.33. The predicted octanol–water partition coefficient (Wildman–Crippen LogP) is 3.79. The van der Waals surface area contributed by atoms with Crippen molar-refractivity contribution >= 4 is 33.5 Å². The summed E-state index contributed by atoms with van der Waals surface area (Å²) in [5, 5.41) is 0.331. The number of benzene rings is 1. The number of rotatable bonds is 3. The number of para-hydroxylation sites is 1. The van der Waals surface area contributed by atoms with E-state index >= 15 is 0 Å². The molecule has 2 aliphatic heterocycles. The first-order valence-corrected chi connectivity index (χ1v) is 11.9. The van der Waals surface area contributed by atoms with E-state index in [-0.39, 0.29) is 31.2 Å². The molecule has 6 rings (SSSR count). The molecule has 1 atom stereocenters. The number of carbonyl (C=O) groups excluding carboxylic acids is 1.